The van der Waals surface area contributed by atoms with Crippen LogP contribution in [-0.2, 0) is 4.74 Å². The van der Waals surface area contributed by atoms with Crippen LogP contribution in [0.2, 0.25) is 0 Å². The van der Waals surface area contributed by atoms with E-state index in [1.165, 1.54) is 36.8 Å². The summed E-state index contributed by atoms with van der Waals surface area (Å²) >= 11 is 0. The highest BCUT2D eigenvalue weighted by atomic mass is 127. The molecule has 5 heteroatoms. The Balaban J connectivity index is 0.00000243. The molecule has 0 bridgehead atoms. The van der Waals surface area contributed by atoms with E-state index in [0.717, 1.165) is 32.1 Å². The molecular formula is C21H34IN3O. The van der Waals surface area contributed by atoms with E-state index >= 15 is 0 Å². The Morgan fingerprint density at radius 2 is 2.08 bits per heavy atom. The summed E-state index contributed by atoms with van der Waals surface area (Å²) in [6.45, 7) is 7.00. The first-order chi connectivity index (χ1) is 12.2. The average Bonchev–Trinajstić information content (AvgIpc) is 3.33. The molecule has 2 N–H and O–H groups in total. The van der Waals surface area contributed by atoms with Crippen LogP contribution in [-0.4, -0.2) is 38.8 Å². The van der Waals surface area contributed by atoms with Crippen molar-refractivity contribution in [2.45, 2.75) is 57.9 Å². The molecule has 3 rings (SSSR count). The van der Waals surface area contributed by atoms with Crippen molar-refractivity contribution in [1.29, 1.82) is 0 Å². The normalized spacial score (nSPS) is 23.6. The van der Waals surface area contributed by atoms with Crippen LogP contribution in [0.4, 0.5) is 0 Å². The topological polar surface area (TPSA) is 45.7 Å². The number of halogens is 1. The Labute approximate surface area is 175 Å². The quantitative estimate of drug-likeness (QED) is 0.339. The van der Waals surface area contributed by atoms with Gasteiger partial charge in [-0.3, -0.25) is 4.99 Å². The highest BCUT2D eigenvalue weighted by Gasteiger charge is 2.40. The van der Waals surface area contributed by atoms with Crippen molar-refractivity contribution < 1.29 is 4.74 Å². The zero-order chi connectivity index (χ0) is 17.7. The number of aryl methyl sites for hydroxylation is 1. The van der Waals surface area contributed by atoms with Gasteiger partial charge in [-0.1, -0.05) is 30.7 Å². The lowest BCUT2D eigenvalue weighted by molar-refractivity contribution is 0.0778. The van der Waals surface area contributed by atoms with Gasteiger partial charge in [-0.2, -0.15) is 0 Å². The van der Waals surface area contributed by atoms with Crippen LogP contribution in [0.25, 0.3) is 0 Å². The summed E-state index contributed by atoms with van der Waals surface area (Å²) in [5.41, 5.74) is 3.25. The smallest absolute Gasteiger partial charge is 0.191 e. The van der Waals surface area contributed by atoms with Gasteiger partial charge in [0.25, 0.3) is 0 Å². The molecule has 0 saturated heterocycles. The van der Waals surface area contributed by atoms with Crippen LogP contribution in [0.5, 0.6) is 0 Å². The molecule has 146 valence electrons. The second-order valence-electron chi connectivity index (χ2n) is 7.74. The Kier molecular flexibility index (Phi) is 8.20. The van der Waals surface area contributed by atoms with Gasteiger partial charge in [0.15, 0.2) is 5.96 Å². The van der Waals surface area contributed by atoms with Crippen molar-refractivity contribution in [3.05, 3.63) is 35.4 Å². The van der Waals surface area contributed by atoms with Crippen molar-refractivity contribution >= 4 is 29.9 Å². The van der Waals surface area contributed by atoms with Gasteiger partial charge >= 0.3 is 0 Å². The van der Waals surface area contributed by atoms with Gasteiger partial charge in [0.2, 0.25) is 0 Å². The molecule has 2 aliphatic carbocycles. The van der Waals surface area contributed by atoms with Gasteiger partial charge < -0.3 is 15.4 Å². The van der Waals surface area contributed by atoms with Gasteiger partial charge in [0.1, 0.15) is 0 Å². The van der Waals surface area contributed by atoms with Crippen molar-refractivity contribution in [3.8, 4) is 0 Å². The van der Waals surface area contributed by atoms with Crippen molar-refractivity contribution in [1.82, 2.24) is 10.6 Å². The number of methoxy groups -OCH3 is 1. The monoisotopic (exact) mass is 471 g/mol. The third-order valence-corrected chi connectivity index (χ3v) is 5.87. The maximum absolute atomic E-state index is 5.30. The lowest BCUT2D eigenvalue weighted by Gasteiger charge is -2.40. The lowest BCUT2D eigenvalue weighted by atomic mass is 9.67. The van der Waals surface area contributed by atoms with Gasteiger partial charge in [0, 0.05) is 38.8 Å². The van der Waals surface area contributed by atoms with Crippen LogP contribution in [0.1, 0.15) is 56.1 Å². The molecule has 0 aromatic heterocycles. The highest BCUT2D eigenvalue weighted by molar-refractivity contribution is 14.0. The number of ether oxygens (including phenoxy) is 1. The fourth-order valence-electron chi connectivity index (χ4n) is 3.93. The first kappa shape index (κ1) is 21.5. The molecule has 0 aliphatic heterocycles. The molecule has 26 heavy (non-hydrogen) atoms. The fraction of sp³-hybridized carbons (Fsp3) is 0.667. The van der Waals surface area contributed by atoms with Crippen molar-refractivity contribution in [3.63, 3.8) is 0 Å². The average molecular weight is 471 g/mol. The minimum absolute atomic E-state index is 0. The molecule has 2 fully saturated rings. The largest absolute Gasteiger partial charge is 0.385 e. The summed E-state index contributed by atoms with van der Waals surface area (Å²) < 4.78 is 5.30. The molecule has 0 heterocycles. The van der Waals surface area contributed by atoms with Gasteiger partial charge in [0.05, 0.1) is 0 Å². The van der Waals surface area contributed by atoms with E-state index in [0.29, 0.717) is 17.4 Å². The summed E-state index contributed by atoms with van der Waals surface area (Å²) in [6, 6.07) is 9.25. The molecule has 0 radical (unpaired) electrons. The Morgan fingerprint density at radius 3 is 2.69 bits per heavy atom. The highest BCUT2D eigenvalue weighted by Crippen LogP contribution is 2.44. The molecule has 0 amide bonds. The summed E-state index contributed by atoms with van der Waals surface area (Å²) in [6.07, 6.45) is 6.23. The van der Waals surface area contributed by atoms with E-state index in [9.17, 15) is 0 Å². The molecule has 2 aliphatic rings. The number of aliphatic imine (C=N–C) groups is 1. The molecular weight excluding hydrogens is 437 g/mol. The van der Waals surface area contributed by atoms with Crippen molar-refractivity contribution in [2.75, 3.05) is 26.8 Å². The summed E-state index contributed by atoms with van der Waals surface area (Å²) in [5.74, 6) is 1.60. The summed E-state index contributed by atoms with van der Waals surface area (Å²) in [4.78, 5) is 4.93. The minimum Gasteiger partial charge on any atom is -0.385 e. The number of rotatable bonds is 8. The van der Waals surface area contributed by atoms with E-state index in [1.807, 2.05) is 0 Å². The second kappa shape index (κ2) is 9.93. The summed E-state index contributed by atoms with van der Waals surface area (Å²) in [7, 11) is 1.79. The first-order valence-corrected chi connectivity index (χ1v) is 9.77. The zero-order valence-electron chi connectivity index (χ0n) is 16.4. The number of benzene rings is 1. The fourth-order valence-corrected chi connectivity index (χ4v) is 3.93. The van der Waals surface area contributed by atoms with Gasteiger partial charge in [-0.15, -0.1) is 24.0 Å². The van der Waals surface area contributed by atoms with Crippen molar-refractivity contribution in [2.24, 2.45) is 10.4 Å². The van der Waals surface area contributed by atoms with E-state index in [4.69, 9.17) is 9.73 Å². The second-order valence-corrected chi connectivity index (χ2v) is 7.74. The molecule has 2 saturated carbocycles. The Morgan fingerprint density at radius 1 is 1.31 bits per heavy atom. The van der Waals surface area contributed by atoms with Crippen LogP contribution in [0.15, 0.2) is 29.3 Å². The maximum atomic E-state index is 5.30. The third kappa shape index (κ3) is 5.35. The molecule has 2 unspecified atom stereocenters. The van der Waals surface area contributed by atoms with Gasteiger partial charge in [-0.25, -0.2) is 0 Å². The molecule has 2 atom stereocenters. The van der Waals surface area contributed by atoms with Crippen LogP contribution in [0.3, 0.4) is 0 Å². The van der Waals surface area contributed by atoms with Gasteiger partial charge in [-0.05, 0) is 56.1 Å². The standard InChI is InChI=1S/C21H33N3O.HI/c1-4-22-20(23-15-21(10-7-11-21)12-13-25-3)24-19-14-18(19)17-9-6-5-8-16(17)2;/h5-6,8-9,18-19H,4,7,10-15H2,1-3H3,(H2,22,23,24);1H. The van der Waals surface area contributed by atoms with E-state index < -0.39 is 0 Å². The number of nitrogens with zero attached hydrogens (tertiary/aromatic N) is 1. The minimum atomic E-state index is 0. The van der Waals surface area contributed by atoms with E-state index in [-0.39, 0.29) is 24.0 Å². The maximum Gasteiger partial charge on any atom is 0.191 e. The Bertz CT molecular complexity index is 601. The predicted octanol–water partition coefficient (Wildman–Crippen LogP) is 4.23. The van der Waals surface area contributed by atoms with Crippen LogP contribution in [0, 0.1) is 12.3 Å². The van der Waals surface area contributed by atoms with E-state index in [1.54, 1.807) is 7.11 Å². The molecule has 0 spiro atoms. The SMILES string of the molecule is CCNC(=NCC1(CCOC)CCC1)NC1CC1c1ccccc1C.I. The number of nitrogens with one attached hydrogen (secondary N) is 2. The Hall–Kier alpha value is -0.820. The number of hydrogen-bond donors (Lipinski definition) is 2. The van der Waals surface area contributed by atoms with Crippen LogP contribution < -0.4 is 10.6 Å². The van der Waals surface area contributed by atoms with Crippen LogP contribution >= 0.6 is 24.0 Å². The molecule has 1 aromatic rings. The summed E-state index contributed by atoms with van der Waals surface area (Å²) in [5, 5.41) is 7.08. The predicted molar refractivity (Wildman–Crippen MR) is 120 cm³/mol. The van der Waals surface area contributed by atoms with E-state index in [2.05, 4.69) is 48.7 Å². The number of guanidine groups is 1. The molecule has 4 nitrogen and oxygen atoms in total. The lowest BCUT2D eigenvalue weighted by Crippen LogP contribution is -2.41. The first-order valence-electron chi connectivity index (χ1n) is 9.77. The number of hydrogen-bond acceptors (Lipinski definition) is 2. The zero-order valence-corrected chi connectivity index (χ0v) is 18.7. The third-order valence-electron chi connectivity index (χ3n) is 5.87. The molecule has 1 aromatic carbocycles.